The van der Waals surface area contributed by atoms with Gasteiger partial charge in [-0.25, -0.2) is 4.39 Å². The van der Waals surface area contributed by atoms with Crippen LogP contribution in [0.5, 0.6) is 5.75 Å². The van der Waals surface area contributed by atoms with Crippen LogP contribution in [-0.2, 0) is 6.61 Å². The molecule has 2 nitrogen and oxygen atoms in total. The van der Waals surface area contributed by atoms with Gasteiger partial charge in [0, 0.05) is 14.7 Å². The van der Waals surface area contributed by atoms with Crippen LogP contribution < -0.4 is 10.5 Å². The standard InChI is InChI=1S/C14H9FI3NOS/c15-10-3-7(14(19)21)1-2-8(10)6-20-13-11(17)4-9(16)5-12(13)18/h1-5H,6H2,(H2,19,21). The third kappa shape index (κ3) is 4.61. The Morgan fingerprint density at radius 3 is 2.29 bits per heavy atom. The van der Waals surface area contributed by atoms with Crippen molar-refractivity contribution in [3.63, 3.8) is 0 Å². The van der Waals surface area contributed by atoms with Gasteiger partial charge in [-0.05, 0) is 86.0 Å². The van der Waals surface area contributed by atoms with Crippen molar-refractivity contribution >= 4 is 85.0 Å². The Hall–Kier alpha value is 0.250. The monoisotopic (exact) mass is 639 g/mol. The molecule has 7 heteroatoms. The fourth-order valence-electron chi connectivity index (χ4n) is 1.63. The second-order valence-electron chi connectivity index (χ2n) is 4.16. The van der Waals surface area contributed by atoms with Gasteiger partial charge in [0.2, 0.25) is 0 Å². The molecule has 2 N–H and O–H groups in total. The molecule has 0 unspecified atom stereocenters. The van der Waals surface area contributed by atoms with E-state index >= 15 is 0 Å². The van der Waals surface area contributed by atoms with Gasteiger partial charge in [-0.15, -0.1) is 0 Å². The summed E-state index contributed by atoms with van der Waals surface area (Å²) in [5, 5.41) is 0. The predicted molar refractivity (Wildman–Crippen MR) is 111 cm³/mol. The number of nitrogens with two attached hydrogens (primary N) is 1. The van der Waals surface area contributed by atoms with Crippen molar-refractivity contribution in [3.8, 4) is 5.75 Å². The summed E-state index contributed by atoms with van der Waals surface area (Å²) in [6.45, 7) is 0.163. The van der Waals surface area contributed by atoms with Crippen LogP contribution in [0, 0.1) is 16.5 Å². The molecule has 0 amide bonds. The molecule has 0 bridgehead atoms. The van der Waals surface area contributed by atoms with Crippen LogP contribution in [-0.4, -0.2) is 4.99 Å². The highest BCUT2D eigenvalue weighted by Gasteiger charge is 2.11. The maximum Gasteiger partial charge on any atom is 0.146 e. The van der Waals surface area contributed by atoms with Crippen molar-refractivity contribution in [3.05, 3.63) is 58.0 Å². The fourth-order valence-corrected chi connectivity index (χ4v) is 5.66. The normalized spacial score (nSPS) is 10.5. The molecule has 0 aliphatic carbocycles. The van der Waals surface area contributed by atoms with E-state index in [1.165, 1.54) is 6.07 Å². The lowest BCUT2D eigenvalue weighted by molar-refractivity contribution is 0.295. The van der Waals surface area contributed by atoms with Crippen molar-refractivity contribution in [2.75, 3.05) is 0 Å². The molecular formula is C14H9FI3NOS. The van der Waals surface area contributed by atoms with Crippen molar-refractivity contribution in [1.82, 2.24) is 0 Å². The Morgan fingerprint density at radius 2 is 1.76 bits per heavy atom. The van der Waals surface area contributed by atoms with Crippen LogP contribution in [0.2, 0.25) is 0 Å². The van der Waals surface area contributed by atoms with Crippen LogP contribution in [0.15, 0.2) is 30.3 Å². The molecule has 0 saturated carbocycles. The summed E-state index contributed by atoms with van der Waals surface area (Å²) in [5.41, 5.74) is 6.47. The first-order chi connectivity index (χ1) is 9.88. The zero-order chi connectivity index (χ0) is 15.6. The Bertz CT molecular complexity index is 686. The third-order valence-corrected chi connectivity index (χ3v) is 5.13. The predicted octanol–water partition coefficient (Wildman–Crippen LogP) is 4.85. The maximum absolute atomic E-state index is 14.0. The summed E-state index contributed by atoms with van der Waals surface area (Å²) in [5.74, 6) is 0.408. The molecule has 110 valence electrons. The second kappa shape index (κ2) is 7.68. The van der Waals surface area contributed by atoms with E-state index in [1.807, 2.05) is 12.1 Å². The molecule has 0 spiro atoms. The Morgan fingerprint density at radius 1 is 1.14 bits per heavy atom. The van der Waals surface area contributed by atoms with E-state index in [2.05, 4.69) is 67.8 Å². The number of benzene rings is 2. The van der Waals surface area contributed by atoms with Crippen molar-refractivity contribution in [1.29, 1.82) is 0 Å². The first kappa shape index (κ1) is 17.6. The zero-order valence-electron chi connectivity index (χ0n) is 10.5. The number of ether oxygens (including phenoxy) is 1. The van der Waals surface area contributed by atoms with Crippen LogP contribution in [0.25, 0.3) is 0 Å². The lowest BCUT2D eigenvalue weighted by Crippen LogP contribution is -2.10. The van der Waals surface area contributed by atoms with E-state index in [0.29, 0.717) is 11.1 Å². The van der Waals surface area contributed by atoms with Gasteiger partial charge in [-0.2, -0.15) is 0 Å². The number of rotatable bonds is 4. The van der Waals surface area contributed by atoms with E-state index in [1.54, 1.807) is 12.1 Å². The second-order valence-corrected chi connectivity index (χ2v) is 8.17. The number of thiocarbonyl (C=S) groups is 1. The van der Waals surface area contributed by atoms with Crippen LogP contribution >= 0.6 is 80.0 Å². The average molecular weight is 639 g/mol. The highest BCUT2D eigenvalue weighted by molar-refractivity contribution is 14.1. The van der Waals surface area contributed by atoms with Crippen molar-refractivity contribution in [2.24, 2.45) is 5.73 Å². The van der Waals surface area contributed by atoms with Crippen LogP contribution in [0.4, 0.5) is 4.39 Å². The molecule has 2 aromatic carbocycles. The van der Waals surface area contributed by atoms with E-state index in [9.17, 15) is 4.39 Å². The van der Waals surface area contributed by atoms with Crippen molar-refractivity contribution in [2.45, 2.75) is 6.61 Å². The molecule has 2 rings (SSSR count). The fraction of sp³-hybridized carbons (Fsp3) is 0.0714. The van der Waals surface area contributed by atoms with Gasteiger partial charge < -0.3 is 10.5 Å². The molecule has 0 aliphatic rings. The van der Waals surface area contributed by atoms with Gasteiger partial charge in [-0.3, -0.25) is 0 Å². The first-order valence-corrected chi connectivity index (χ1v) is 9.38. The molecule has 0 radical (unpaired) electrons. The maximum atomic E-state index is 14.0. The lowest BCUT2D eigenvalue weighted by atomic mass is 10.1. The number of hydrogen-bond donors (Lipinski definition) is 1. The minimum Gasteiger partial charge on any atom is -0.487 e. The molecule has 0 aliphatic heterocycles. The zero-order valence-corrected chi connectivity index (χ0v) is 17.8. The molecule has 0 fully saturated rings. The van der Waals surface area contributed by atoms with Crippen molar-refractivity contribution < 1.29 is 9.13 Å². The van der Waals surface area contributed by atoms with Gasteiger partial charge in [0.25, 0.3) is 0 Å². The summed E-state index contributed by atoms with van der Waals surface area (Å²) in [6, 6.07) is 8.73. The quantitative estimate of drug-likeness (QED) is 0.384. The molecule has 2 aromatic rings. The summed E-state index contributed by atoms with van der Waals surface area (Å²) in [7, 11) is 0. The molecule has 0 heterocycles. The highest BCUT2D eigenvalue weighted by Crippen LogP contribution is 2.30. The largest absolute Gasteiger partial charge is 0.487 e. The summed E-state index contributed by atoms with van der Waals surface area (Å²) in [6.07, 6.45) is 0. The Labute approximate surface area is 168 Å². The molecule has 21 heavy (non-hydrogen) atoms. The average Bonchev–Trinajstić information content (AvgIpc) is 2.38. The minimum absolute atomic E-state index is 0.163. The highest BCUT2D eigenvalue weighted by atomic mass is 127. The topological polar surface area (TPSA) is 35.2 Å². The number of hydrogen-bond acceptors (Lipinski definition) is 2. The van der Waals surface area contributed by atoms with Gasteiger partial charge in [0.05, 0.1) is 7.14 Å². The van der Waals surface area contributed by atoms with Gasteiger partial charge in [-0.1, -0.05) is 24.4 Å². The van der Waals surface area contributed by atoms with E-state index in [-0.39, 0.29) is 17.4 Å². The first-order valence-electron chi connectivity index (χ1n) is 5.74. The van der Waals surface area contributed by atoms with Gasteiger partial charge >= 0.3 is 0 Å². The summed E-state index contributed by atoms with van der Waals surface area (Å²) >= 11 is 11.5. The minimum atomic E-state index is -0.365. The summed E-state index contributed by atoms with van der Waals surface area (Å²) in [4.78, 5) is 0.183. The number of halogens is 4. The Balaban J connectivity index is 2.19. The van der Waals surface area contributed by atoms with Crippen LogP contribution in [0.3, 0.4) is 0 Å². The molecule has 0 aromatic heterocycles. The third-order valence-electron chi connectivity index (χ3n) is 2.67. The van der Waals surface area contributed by atoms with E-state index in [4.69, 9.17) is 22.7 Å². The SMILES string of the molecule is NC(=S)c1ccc(COc2c(I)cc(I)cc2I)c(F)c1. The Kier molecular flexibility index (Phi) is 6.44. The molecule has 0 saturated heterocycles. The molecule has 0 atom stereocenters. The van der Waals surface area contributed by atoms with E-state index in [0.717, 1.165) is 16.5 Å². The van der Waals surface area contributed by atoms with Gasteiger partial charge in [0.1, 0.15) is 23.2 Å². The van der Waals surface area contributed by atoms with Crippen LogP contribution in [0.1, 0.15) is 11.1 Å². The molecular weight excluding hydrogens is 630 g/mol. The van der Waals surface area contributed by atoms with Gasteiger partial charge in [0.15, 0.2) is 0 Å². The summed E-state index contributed by atoms with van der Waals surface area (Å²) < 4.78 is 22.9. The lowest BCUT2D eigenvalue weighted by Gasteiger charge is -2.12. The smallest absolute Gasteiger partial charge is 0.146 e. The van der Waals surface area contributed by atoms with E-state index < -0.39 is 0 Å².